The predicted molar refractivity (Wildman–Crippen MR) is 106 cm³/mol. The first-order valence-corrected chi connectivity index (χ1v) is 9.04. The molecule has 6 nitrogen and oxygen atoms in total. The first-order valence-electron chi connectivity index (χ1n) is 7.90. The molecule has 0 amide bonds. The van der Waals surface area contributed by atoms with E-state index in [1.807, 2.05) is 24.3 Å². The molecule has 0 radical (unpaired) electrons. The molecule has 0 saturated heterocycles. The maximum atomic E-state index is 6.29. The molecule has 132 valence electrons. The highest BCUT2D eigenvalue weighted by atomic mass is 35.5. The second-order valence-electron chi connectivity index (χ2n) is 5.85. The van der Waals surface area contributed by atoms with Crippen molar-refractivity contribution < 1.29 is 0 Å². The molecule has 27 heavy (non-hydrogen) atoms. The van der Waals surface area contributed by atoms with Gasteiger partial charge in [0.1, 0.15) is 6.33 Å². The van der Waals surface area contributed by atoms with E-state index in [1.54, 1.807) is 39.9 Å². The number of hydrogen-bond acceptors (Lipinski definition) is 4. The number of aromatic nitrogens is 6. The zero-order chi connectivity index (χ0) is 18.5. The molecule has 0 aliphatic rings. The summed E-state index contributed by atoms with van der Waals surface area (Å²) in [6, 6.07) is 12.6. The zero-order valence-corrected chi connectivity index (χ0v) is 15.8. The van der Waals surface area contributed by atoms with E-state index in [-0.39, 0.29) is 0 Å². The largest absolute Gasteiger partial charge is 0.216 e. The van der Waals surface area contributed by atoms with Crippen molar-refractivity contribution in [3.8, 4) is 17.1 Å². The van der Waals surface area contributed by atoms with Crippen LogP contribution in [0.1, 0.15) is 0 Å². The molecule has 0 unspecified atom stereocenters. The van der Waals surface area contributed by atoms with Crippen LogP contribution in [0, 0.1) is 0 Å². The lowest BCUT2D eigenvalue weighted by atomic mass is 10.2. The van der Waals surface area contributed by atoms with Crippen molar-refractivity contribution in [2.24, 2.45) is 0 Å². The molecule has 0 spiro atoms. The summed E-state index contributed by atoms with van der Waals surface area (Å²) >= 11 is 18.4. The summed E-state index contributed by atoms with van der Waals surface area (Å²) in [5, 5.41) is 11.3. The van der Waals surface area contributed by atoms with E-state index in [0.717, 1.165) is 11.1 Å². The molecule has 0 aliphatic heterocycles. The Hall–Kier alpha value is -2.67. The van der Waals surface area contributed by atoms with Gasteiger partial charge in [-0.25, -0.2) is 19.2 Å². The van der Waals surface area contributed by atoms with E-state index in [0.29, 0.717) is 37.8 Å². The number of hydrogen-bond donors (Lipinski definition) is 0. The number of halogens is 3. The standard InChI is InChI=1S/C18H9Cl3N6/c19-10-2-1-3-12(6-10)27-17-14(8-23-27)18-24-16(25-26(18)9-22-17)13-5-4-11(20)7-15(13)21/h1-9H. The molecule has 3 aromatic heterocycles. The third-order valence-electron chi connectivity index (χ3n) is 4.13. The number of fused-ring (bicyclic) bond motifs is 3. The van der Waals surface area contributed by atoms with Crippen LogP contribution in [0.5, 0.6) is 0 Å². The van der Waals surface area contributed by atoms with Gasteiger partial charge in [-0.3, -0.25) is 0 Å². The summed E-state index contributed by atoms with van der Waals surface area (Å²) in [5.74, 6) is 0.487. The summed E-state index contributed by atoms with van der Waals surface area (Å²) in [5.41, 5.74) is 2.80. The second-order valence-corrected chi connectivity index (χ2v) is 7.13. The molecule has 0 aliphatic carbocycles. The third-order valence-corrected chi connectivity index (χ3v) is 4.91. The Morgan fingerprint density at radius 1 is 0.889 bits per heavy atom. The molecule has 9 heteroatoms. The van der Waals surface area contributed by atoms with E-state index in [4.69, 9.17) is 34.8 Å². The first-order chi connectivity index (χ1) is 13.1. The maximum Gasteiger partial charge on any atom is 0.183 e. The lowest BCUT2D eigenvalue weighted by Crippen LogP contribution is -1.98. The molecular weight excluding hydrogens is 407 g/mol. The van der Waals surface area contributed by atoms with Gasteiger partial charge in [-0.05, 0) is 36.4 Å². The molecule has 3 heterocycles. The fourth-order valence-electron chi connectivity index (χ4n) is 2.90. The van der Waals surface area contributed by atoms with Crippen LogP contribution in [0.2, 0.25) is 15.1 Å². The fraction of sp³-hybridized carbons (Fsp3) is 0. The summed E-state index contributed by atoms with van der Waals surface area (Å²) in [6.07, 6.45) is 3.31. The lowest BCUT2D eigenvalue weighted by Gasteiger charge is -2.02. The normalized spacial score (nSPS) is 11.5. The van der Waals surface area contributed by atoms with E-state index < -0.39 is 0 Å². The van der Waals surface area contributed by atoms with Gasteiger partial charge in [0.2, 0.25) is 0 Å². The van der Waals surface area contributed by atoms with Gasteiger partial charge < -0.3 is 0 Å². The van der Waals surface area contributed by atoms with Crippen molar-refractivity contribution in [1.29, 1.82) is 0 Å². The van der Waals surface area contributed by atoms with Crippen molar-refractivity contribution in [1.82, 2.24) is 29.4 Å². The SMILES string of the molecule is Clc1cccc(-n2ncc3c2ncn2nc(-c4ccc(Cl)cc4Cl)nc32)c1. The molecule has 5 aromatic rings. The van der Waals surface area contributed by atoms with Crippen LogP contribution in [-0.2, 0) is 0 Å². The fourth-order valence-corrected chi connectivity index (χ4v) is 3.58. The highest BCUT2D eigenvalue weighted by molar-refractivity contribution is 6.36. The van der Waals surface area contributed by atoms with E-state index in [9.17, 15) is 0 Å². The van der Waals surface area contributed by atoms with Gasteiger partial charge in [0.25, 0.3) is 0 Å². The van der Waals surface area contributed by atoms with Crippen molar-refractivity contribution in [2.45, 2.75) is 0 Å². The van der Waals surface area contributed by atoms with E-state index >= 15 is 0 Å². The van der Waals surface area contributed by atoms with Gasteiger partial charge in [0.05, 0.1) is 22.3 Å². The van der Waals surface area contributed by atoms with E-state index in [1.165, 1.54) is 0 Å². The molecule has 0 N–H and O–H groups in total. The van der Waals surface area contributed by atoms with Gasteiger partial charge >= 0.3 is 0 Å². The summed E-state index contributed by atoms with van der Waals surface area (Å²) in [6.45, 7) is 0. The molecule has 0 bridgehead atoms. The molecule has 0 saturated carbocycles. The topological polar surface area (TPSA) is 60.9 Å². The zero-order valence-electron chi connectivity index (χ0n) is 13.5. The lowest BCUT2D eigenvalue weighted by molar-refractivity contribution is 0.882. The Bertz CT molecular complexity index is 1320. The van der Waals surface area contributed by atoms with Gasteiger partial charge in [0.15, 0.2) is 17.1 Å². The van der Waals surface area contributed by atoms with Crippen LogP contribution in [0.3, 0.4) is 0 Å². The molecular formula is C18H9Cl3N6. The summed E-state index contributed by atoms with van der Waals surface area (Å²) in [7, 11) is 0. The van der Waals surface area contributed by atoms with Crippen molar-refractivity contribution in [3.05, 3.63) is 70.1 Å². The van der Waals surface area contributed by atoms with Crippen molar-refractivity contribution in [3.63, 3.8) is 0 Å². The highest BCUT2D eigenvalue weighted by Crippen LogP contribution is 2.29. The van der Waals surface area contributed by atoms with Crippen LogP contribution in [0.25, 0.3) is 33.8 Å². The quantitative estimate of drug-likeness (QED) is 0.403. The van der Waals surface area contributed by atoms with Gasteiger partial charge in [-0.1, -0.05) is 40.9 Å². The maximum absolute atomic E-state index is 6.29. The van der Waals surface area contributed by atoms with Gasteiger partial charge in [0, 0.05) is 15.6 Å². The Labute approximate surface area is 167 Å². The van der Waals surface area contributed by atoms with Crippen molar-refractivity contribution >= 4 is 51.5 Å². The van der Waals surface area contributed by atoms with Crippen LogP contribution >= 0.6 is 34.8 Å². The minimum atomic E-state index is 0.484. The summed E-state index contributed by atoms with van der Waals surface area (Å²) in [4.78, 5) is 9.11. The summed E-state index contributed by atoms with van der Waals surface area (Å²) < 4.78 is 3.32. The Balaban J connectivity index is 1.71. The number of nitrogens with zero attached hydrogens (tertiary/aromatic N) is 6. The van der Waals surface area contributed by atoms with Crippen LogP contribution < -0.4 is 0 Å². The predicted octanol–water partition coefficient (Wildman–Crippen LogP) is 5.09. The molecule has 5 rings (SSSR count). The van der Waals surface area contributed by atoms with Gasteiger partial charge in [-0.2, -0.15) is 5.10 Å². The first kappa shape index (κ1) is 16.5. The third kappa shape index (κ3) is 2.73. The number of benzene rings is 2. The van der Waals surface area contributed by atoms with Gasteiger partial charge in [-0.15, -0.1) is 5.10 Å². The Morgan fingerprint density at radius 2 is 1.74 bits per heavy atom. The average Bonchev–Trinajstić information content (AvgIpc) is 3.25. The van der Waals surface area contributed by atoms with Crippen LogP contribution in [0.15, 0.2) is 55.0 Å². The Morgan fingerprint density at radius 3 is 2.56 bits per heavy atom. The molecule has 0 atom stereocenters. The Kier molecular flexibility index (Phi) is 3.79. The average molecular weight is 416 g/mol. The molecule has 0 fully saturated rings. The second kappa shape index (κ2) is 6.20. The van der Waals surface area contributed by atoms with Crippen LogP contribution in [0.4, 0.5) is 0 Å². The van der Waals surface area contributed by atoms with Crippen LogP contribution in [-0.4, -0.2) is 29.4 Å². The minimum absolute atomic E-state index is 0.484. The van der Waals surface area contributed by atoms with E-state index in [2.05, 4.69) is 20.2 Å². The molecule has 2 aromatic carbocycles. The number of rotatable bonds is 2. The smallest absolute Gasteiger partial charge is 0.183 e. The van der Waals surface area contributed by atoms with Crippen molar-refractivity contribution in [2.75, 3.05) is 0 Å². The monoisotopic (exact) mass is 414 g/mol. The minimum Gasteiger partial charge on any atom is -0.216 e. The highest BCUT2D eigenvalue weighted by Gasteiger charge is 2.16.